The van der Waals surface area contributed by atoms with Crippen molar-refractivity contribution >= 4 is 15.9 Å². The summed E-state index contributed by atoms with van der Waals surface area (Å²) >= 11 is 0. The molecule has 3 fully saturated rings. The molecule has 1 saturated heterocycles. The summed E-state index contributed by atoms with van der Waals surface area (Å²) in [6.45, 7) is 2.36. The van der Waals surface area contributed by atoms with Gasteiger partial charge in [0, 0.05) is 36.7 Å². The average Bonchev–Trinajstić information content (AvgIpc) is 3.38. The second kappa shape index (κ2) is 7.76. The van der Waals surface area contributed by atoms with Crippen molar-refractivity contribution in [2.45, 2.75) is 87.6 Å². The number of hydrogen-bond donors (Lipinski definition) is 2. The van der Waals surface area contributed by atoms with E-state index < -0.39 is 10.0 Å². The zero-order chi connectivity index (χ0) is 19.9. The molecule has 156 valence electrons. The van der Waals surface area contributed by atoms with Crippen LogP contribution >= 0.6 is 0 Å². The number of amides is 1. The minimum absolute atomic E-state index is 0.0604. The number of nitrogens with one attached hydrogen (secondary N) is 1. The van der Waals surface area contributed by atoms with E-state index in [-0.39, 0.29) is 29.3 Å². The van der Waals surface area contributed by atoms with Crippen molar-refractivity contribution in [3.63, 3.8) is 0 Å². The first-order valence-electron chi connectivity index (χ1n) is 10.4. The third kappa shape index (κ3) is 4.11. The van der Waals surface area contributed by atoms with Gasteiger partial charge in [-0.25, -0.2) is 8.42 Å². The van der Waals surface area contributed by atoms with Gasteiger partial charge in [0.15, 0.2) is 5.69 Å². The van der Waals surface area contributed by atoms with Crippen LogP contribution in [0.15, 0.2) is 10.6 Å². The zero-order valence-electron chi connectivity index (χ0n) is 16.3. The van der Waals surface area contributed by atoms with Crippen LogP contribution in [0.2, 0.25) is 0 Å². The Balaban J connectivity index is 1.33. The van der Waals surface area contributed by atoms with E-state index in [0.717, 1.165) is 31.4 Å². The van der Waals surface area contributed by atoms with Gasteiger partial charge >= 0.3 is 0 Å². The number of aromatic nitrogens is 1. The average molecular weight is 411 g/mol. The second-order valence-corrected chi connectivity index (χ2v) is 10.8. The Morgan fingerprint density at radius 3 is 2.57 bits per heavy atom. The van der Waals surface area contributed by atoms with Crippen molar-refractivity contribution in [1.29, 1.82) is 0 Å². The number of nitrogens with two attached hydrogens (primary N) is 1. The lowest BCUT2D eigenvalue weighted by molar-refractivity contribution is 0.0905. The fourth-order valence-electron chi connectivity index (χ4n) is 4.45. The van der Waals surface area contributed by atoms with E-state index in [1.54, 1.807) is 10.4 Å². The summed E-state index contributed by atoms with van der Waals surface area (Å²) in [6, 6.07) is 1.65. The van der Waals surface area contributed by atoms with Crippen molar-refractivity contribution in [3.8, 4) is 0 Å². The molecule has 2 aliphatic carbocycles. The summed E-state index contributed by atoms with van der Waals surface area (Å²) in [5.74, 6) is 0.953. The normalized spacial score (nSPS) is 32.2. The van der Waals surface area contributed by atoms with Gasteiger partial charge in [-0.1, -0.05) is 5.16 Å². The quantitative estimate of drug-likeness (QED) is 0.763. The number of rotatable bonds is 5. The van der Waals surface area contributed by atoms with Gasteiger partial charge in [0.2, 0.25) is 10.0 Å². The molecular weight excluding hydrogens is 380 g/mol. The van der Waals surface area contributed by atoms with E-state index in [0.29, 0.717) is 43.8 Å². The smallest absolute Gasteiger partial charge is 0.273 e. The number of sulfonamides is 1. The van der Waals surface area contributed by atoms with Crippen LogP contribution in [0, 0.1) is 0 Å². The summed E-state index contributed by atoms with van der Waals surface area (Å²) in [6.07, 6.45) is 6.21. The first-order valence-corrected chi connectivity index (χ1v) is 11.9. The molecule has 8 nitrogen and oxygen atoms in total. The SMILES string of the molecule is C[C@H]1C[C@@H](NC(=O)c2cc(C3CC3)on2)CCN1S(=O)(=O)[C@H]1CC[C@H](N)CC1. The van der Waals surface area contributed by atoms with Gasteiger partial charge in [0.05, 0.1) is 5.25 Å². The van der Waals surface area contributed by atoms with E-state index >= 15 is 0 Å². The molecule has 0 spiro atoms. The van der Waals surface area contributed by atoms with Crippen LogP contribution in [-0.4, -0.2) is 53.7 Å². The molecule has 0 bridgehead atoms. The number of hydrogen-bond acceptors (Lipinski definition) is 6. The van der Waals surface area contributed by atoms with Crippen LogP contribution in [0.3, 0.4) is 0 Å². The Bertz CT molecular complexity index is 812. The molecule has 0 radical (unpaired) electrons. The Hall–Kier alpha value is -1.45. The fraction of sp³-hybridized carbons (Fsp3) is 0.789. The highest BCUT2D eigenvalue weighted by atomic mass is 32.2. The summed E-state index contributed by atoms with van der Waals surface area (Å²) in [5, 5.41) is 6.55. The van der Waals surface area contributed by atoms with E-state index in [9.17, 15) is 13.2 Å². The molecule has 1 amide bonds. The largest absolute Gasteiger partial charge is 0.360 e. The molecule has 3 N–H and O–H groups in total. The van der Waals surface area contributed by atoms with E-state index in [4.69, 9.17) is 10.3 Å². The van der Waals surface area contributed by atoms with E-state index in [1.807, 2.05) is 6.92 Å². The molecule has 2 atom stereocenters. The Morgan fingerprint density at radius 1 is 1.21 bits per heavy atom. The lowest BCUT2D eigenvalue weighted by Gasteiger charge is -2.39. The van der Waals surface area contributed by atoms with Gasteiger partial charge in [0.25, 0.3) is 5.91 Å². The highest BCUT2D eigenvalue weighted by Gasteiger charge is 2.40. The lowest BCUT2D eigenvalue weighted by Crippen LogP contribution is -2.53. The first kappa shape index (κ1) is 19.8. The third-order valence-corrected chi connectivity index (χ3v) is 8.87. The van der Waals surface area contributed by atoms with Crippen molar-refractivity contribution in [2.75, 3.05) is 6.54 Å². The van der Waals surface area contributed by atoms with Gasteiger partial charge in [0.1, 0.15) is 5.76 Å². The molecule has 1 aliphatic heterocycles. The Morgan fingerprint density at radius 2 is 1.93 bits per heavy atom. The zero-order valence-corrected chi connectivity index (χ0v) is 17.2. The maximum absolute atomic E-state index is 13.1. The molecule has 3 aliphatic rings. The van der Waals surface area contributed by atoms with Gasteiger partial charge in [-0.2, -0.15) is 4.31 Å². The molecule has 28 heavy (non-hydrogen) atoms. The fourth-order valence-corrected chi connectivity index (χ4v) is 6.65. The van der Waals surface area contributed by atoms with E-state index in [2.05, 4.69) is 10.5 Å². The number of carbonyl (C=O) groups excluding carboxylic acids is 1. The van der Waals surface area contributed by atoms with E-state index in [1.165, 1.54) is 0 Å². The predicted octanol–water partition coefficient (Wildman–Crippen LogP) is 1.73. The van der Waals surface area contributed by atoms with Crippen LogP contribution < -0.4 is 11.1 Å². The molecule has 2 heterocycles. The van der Waals surface area contributed by atoms with Crippen LogP contribution in [0.25, 0.3) is 0 Å². The number of piperidine rings is 1. The lowest BCUT2D eigenvalue weighted by atomic mass is 9.96. The van der Waals surface area contributed by atoms with Crippen molar-refractivity contribution in [1.82, 2.24) is 14.8 Å². The van der Waals surface area contributed by atoms with Gasteiger partial charge in [-0.15, -0.1) is 0 Å². The standard InChI is InChI=1S/C19H30N4O4S/c1-12-10-15(21-19(24)17-11-18(27-22-17)13-2-3-13)8-9-23(12)28(25,26)16-6-4-14(20)5-7-16/h11-16H,2-10,20H2,1H3,(H,21,24)/t12-,14-,15-,16-/m0/s1. The number of carbonyl (C=O) groups is 1. The monoisotopic (exact) mass is 410 g/mol. The third-order valence-electron chi connectivity index (χ3n) is 6.36. The minimum atomic E-state index is -3.32. The summed E-state index contributed by atoms with van der Waals surface area (Å²) < 4.78 is 33.0. The van der Waals surface area contributed by atoms with Crippen LogP contribution in [0.1, 0.15) is 80.5 Å². The highest BCUT2D eigenvalue weighted by molar-refractivity contribution is 7.89. The molecule has 2 saturated carbocycles. The number of nitrogens with zero attached hydrogens (tertiary/aromatic N) is 2. The molecule has 1 aromatic heterocycles. The Kier molecular flexibility index (Phi) is 5.50. The van der Waals surface area contributed by atoms with Gasteiger partial charge < -0.3 is 15.6 Å². The molecule has 0 unspecified atom stereocenters. The van der Waals surface area contributed by atoms with Gasteiger partial charge in [-0.3, -0.25) is 4.79 Å². The van der Waals surface area contributed by atoms with Crippen LogP contribution in [-0.2, 0) is 10.0 Å². The van der Waals surface area contributed by atoms with Crippen molar-refractivity contribution < 1.29 is 17.7 Å². The molecule has 1 aromatic rings. The molecule has 0 aromatic carbocycles. The van der Waals surface area contributed by atoms with Crippen molar-refractivity contribution in [2.24, 2.45) is 5.73 Å². The first-order chi connectivity index (χ1) is 13.3. The molecule has 4 rings (SSSR count). The maximum atomic E-state index is 13.1. The topological polar surface area (TPSA) is 119 Å². The highest BCUT2D eigenvalue weighted by Crippen LogP contribution is 2.40. The molecule has 9 heteroatoms. The summed E-state index contributed by atoms with van der Waals surface area (Å²) in [7, 11) is -3.32. The van der Waals surface area contributed by atoms with Crippen molar-refractivity contribution in [3.05, 3.63) is 17.5 Å². The minimum Gasteiger partial charge on any atom is -0.360 e. The predicted molar refractivity (Wildman–Crippen MR) is 104 cm³/mol. The summed E-state index contributed by atoms with van der Waals surface area (Å²) in [4.78, 5) is 12.5. The maximum Gasteiger partial charge on any atom is 0.273 e. The van der Waals surface area contributed by atoms with Crippen LogP contribution in [0.4, 0.5) is 0 Å². The second-order valence-electron chi connectivity index (χ2n) is 8.63. The van der Waals surface area contributed by atoms with Gasteiger partial charge in [-0.05, 0) is 58.3 Å². The Labute approximate surface area is 166 Å². The summed E-state index contributed by atoms with van der Waals surface area (Å²) in [5.41, 5.74) is 6.23. The van der Waals surface area contributed by atoms with Crippen LogP contribution in [0.5, 0.6) is 0 Å². The molecular formula is C19H30N4O4S.